The van der Waals surface area contributed by atoms with Crippen LogP contribution in [0.15, 0.2) is 20.2 Å². The SMILES string of the molecule is Cc1cn([C@@H]2O[C@H](CO[Si](C)(C)C(C)(C)C)C3(OS(=O)(=O)N=C3N)[C@H]2O[Si](C)(C)C(C)(C)C)c(=O)n(C)c1=O. The zero-order valence-electron chi connectivity index (χ0n) is 25.1. The second kappa shape index (κ2) is 9.74. The predicted octanol–water partition coefficient (Wildman–Crippen LogP) is 2.54. The molecule has 3 rings (SSSR count). The molecule has 2 aliphatic heterocycles. The molecule has 1 spiro atoms. The maximum absolute atomic E-state index is 13.4. The summed E-state index contributed by atoms with van der Waals surface area (Å²) in [6.07, 6.45) is -2.08. The smallest absolute Gasteiger partial charge is 0.383 e. The van der Waals surface area contributed by atoms with Crippen LogP contribution in [-0.2, 0) is 35.1 Å². The summed E-state index contributed by atoms with van der Waals surface area (Å²) in [5.74, 6) is -0.327. The highest BCUT2D eigenvalue weighted by Crippen LogP contribution is 2.49. The van der Waals surface area contributed by atoms with E-state index in [9.17, 15) is 18.0 Å². The quantitative estimate of drug-likeness (QED) is 0.483. The normalized spacial score (nSPS) is 27.8. The molecular weight excluding hydrogens is 561 g/mol. The van der Waals surface area contributed by atoms with Crippen molar-refractivity contribution >= 4 is 32.8 Å². The highest BCUT2D eigenvalue weighted by atomic mass is 32.2. The molecule has 2 N–H and O–H groups in total. The lowest BCUT2D eigenvalue weighted by Crippen LogP contribution is -2.62. The Morgan fingerprint density at radius 3 is 2.08 bits per heavy atom. The Bertz CT molecular complexity index is 1390. The van der Waals surface area contributed by atoms with Crippen molar-refractivity contribution in [1.82, 2.24) is 9.13 Å². The number of ether oxygens (including phenoxy) is 1. The number of rotatable bonds is 6. The third-order valence-corrected chi connectivity index (χ3v) is 18.6. The van der Waals surface area contributed by atoms with E-state index in [4.69, 9.17) is 23.5 Å². The molecule has 1 aromatic rings. The summed E-state index contributed by atoms with van der Waals surface area (Å²) in [7, 11) is -8.08. The Morgan fingerprint density at radius 2 is 1.62 bits per heavy atom. The van der Waals surface area contributed by atoms with Gasteiger partial charge in [0.25, 0.3) is 5.56 Å². The average Bonchev–Trinajstić information content (AvgIpc) is 3.18. The standard InChI is InChI=1S/C24H44N4O8SSi2/c1-15-13-28(21(30)27(8)18(15)29)19-17(35-39(11,12)23(5,6)7)24(20(25)26-37(31,32)36-24)16(34-19)14-33-38(9,10)22(2,3)4/h13,16-17,19H,14H2,1-12H3,(H2,25,26)/t16-,17+,19-,24?/m1/s1. The number of aryl methyl sites for hydroxylation is 1. The summed E-state index contributed by atoms with van der Waals surface area (Å²) in [6, 6.07) is 0. The minimum absolute atomic E-state index is 0.0738. The van der Waals surface area contributed by atoms with Gasteiger partial charge in [0.2, 0.25) is 5.60 Å². The van der Waals surface area contributed by atoms with Crippen LogP contribution in [0.25, 0.3) is 0 Å². The van der Waals surface area contributed by atoms with Crippen molar-refractivity contribution < 1.29 is 26.2 Å². The van der Waals surface area contributed by atoms with Crippen LogP contribution in [0, 0.1) is 6.92 Å². The number of aromatic nitrogens is 2. The summed E-state index contributed by atoms with van der Waals surface area (Å²) in [4.78, 5) is 25.8. The van der Waals surface area contributed by atoms with Gasteiger partial charge in [0.1, 0.15) is 12.2 Å². The molecule has 3 heterocycles. The third-order valence-electron chi connectivity index (χ3n) is 8.70. The van der Waals surface area contributed by atoms with Gasteiger partial charge in [-0.3, -0.25) is 13.9 Å². The van der Waals surface area contributed by atoms with Crippen molar-refractivity contribution in [2.24, 2.45) is 17.2 Å². The Kier molecular flexibility index (Phi) is 7.96. The van der Waals surface area contributed by atoms with Crippen LogP contribution < -0.4 is 17.0 Å². The molecule has 1 unspecified atom stereocenters. The molecule has 0 aromatic carbocycles. The molecule has 0 amide bonds. The van der Waals surface area contributed by atoms with Crippen molar-refractivity contribution in [2.75, 3.05) is 6.61 Å². The first-order chi connectivity index (χ1) is 17.4. The van der Waals surface area contributed by atoms with Gasteiger partial charge < -0.3 is 19.3 Å². The first kappa shape index (κ1) is 31.9. The summed E-state index contributed by atoms with van der Waals surface area (Å²) in [5, 5.41) is -0.453. The zero-order valence-corrected chi connectivity index (χ0v) is 27.9. The van der Waals surface area contributed by atoms with Gasteiger partial charge in [-0.1, -0.05) is 41.5 Å². The monoisotopic (exact) mass is 604 g/mol. The molecule has 12 nitrogen and oxygen atoms in total. The summed E-state index contributed by atoms with van der Waals surface area (Å²) in [5.41, 5.74) is 3.66. The van der Waals surface area contributed by atoms with Crippen LogP contribution in [-0.4, -0.2) is 64.4 Å². The van der Waals surface area contributed by atoms with Crippen molar-refractivity contribution in [3.63, 3.8) is 0 Å². The summed E-state index contributed by atoms with van der Waals surface area (Å²) >= 11 is 0. The van der Waals surface area contributed by atoms with E-state index in [2.05, 4.69) is 38.3 Å². The maximum atomic E-state index is 13.4. The van der Waals surface area contributed by atoms with Crippen LogP contribution in [0.4, 0.5) is 0 Å². The molecule has 2 aliphatic rings. The fraction of sp³-hybridized carbons (Fsp3) is 0.792. The third kappa shape index (κ3) is 5.50. The van der Waals surface area contributed by atoms with E-state index in [0.717, 1.165) is 4.57 Å². The molecule has 1 fully saturated rings. The highest BCUT2D eigenvalue weighted by Gasteiger charge is 2.68. The highest BCUT2D eigenvalue weighted by molar-refractivity contribution is 7.86. The lowest BCUT2D eigenvalue weighted by Gasteiger charge is -2.43. The summed E-state index contributed by atoms with van der Waals surface area (Å²) < 4.78 is 56.7. The molecule has 0 aliphatic carbocycles. The van der Waals surface area contributed by atoms with E-state index < -0.39 is 62.2 Å². The molecule has 4 atom stereocenters. The van der Waals surface area contributed by atoms with E-state index in [1.54, 1.807) is 6.92 Å². The lowest BCUT2D eigenvalue weighted by atomic mass is 9.91. The van der Waals surface area contributed by atoms with Gasteiger partial charge in [0.15, 0.2) is 28.7 Å². The van der Waals surface area contributed by atoms with Gasteiger partial charge in [-0.05, 0) is 43.2 Å². The maximum Gasteiger partial charge on any atom is 0.383 e. The molecule has 222 valence electrons. The number of hydrogen-bond acceptors (Lipinski definition) is 9. The van der Waals surface area contributed by atoms with E-state index in [1.165, 1.54) is 17.8 Å². The van der Waals surface area contributed by atoms with Crippen molar-refractivity contribution in [1.29, 1.82) is 0 Å². The Morgan fingerprint density at radius 1 is 1.08 bits per heavy atom. The molecule has 0 bridgehead atoms. The van der Waals surface area contributed by atoms with Crippen molar-refractivity contribution in [2.45, 2.75) is 109 Å². The van der Waals surface area contributed by atoms with E-state index >= 15 is 0 Å². The van der Waals surface area contributed by atoms with E-state index in [-0.39, 0.29) is 22.5 Å². The Hall–Kier alpha value is -1.63. The number of amidine groups is 1. The average molecular weight is 605 g/mol. The molecule has 0 radical (unpaired) electrons. The minimum atomic E-state index is -4.43. The fourth-order valence-corrected chi connectivity index (χ4v) is 7.45. The minimum Gasteiger partial charge on any atom is -0.414 e. The predicted molar refractivity (Wildman–Crippen MR) is 154 cm³/mol. The Balaban J connectivity index is 2.27. The lowest BCUT2D eigenvalue weighted by molar-refractivity contribution is -0.0534. The number of nitrogens with two attached hydrogens (primary N) is 1. The van der Waals surface area contributed by atoms with Gasteiger partial charge in [-0.15, -0.1) is 4.40 Å². The van der Waals surface area contributed by atoms with Crippen LogP contribution in [0.5, 0.6) is 0 Å². The molecule has 1 aromatic heterocycles. The largest absolute Gasteiger partial charge is 0.414 e. The van der Waals surface area contributed by atoms with E-state index in [0.29, 0.717) is 5.56 Å². The van der Waals surface area contributed by atoms with Gasteiger partial charge in [0.05, 0.1) is 6.61 Å². The van der Waals surface area contributed by atoms with Gasteiger partial charge in [-0.25, -0.2) is 8.98 Å². The number of nitrogens with zero attached hydrogens (tertiary/aromatic N) is 3. The van der Waals surface area contributed by atoms with Gasteiger partial charge in [-0.2, -0.15) is 8.42 Å². The molecule has 0 saturated carbocycles. The topological polar surface area (TPSA) is 153 Å². The van der Waals surface area contributed by atoms with Crippen LogP contribution in [0.1, 0.15) is 53.3 Å². The van der Waals surface area contributed by atoms with Crippen LogP contribution in [0.3, 0.4) is 0 Å². The Labute approximate surface area is 233 Å². The first-order valence-electron chi connectivity index (χ1n) is 13.0. The van der Waals surface area contributed by atoms with E-state index in [1.807, 2.05) is 33.9 Å². The van der Waals surface area contributed by atoms with Crippen LogP contribution >= 0.6 is 0 Å². The molecular formula is C24H44N4O8SSi2. The van der Waals surface area contributed by atoms with Crippen LogP contribution in [0.2, 0.25) is 36.3 Å². The zero-order chi connectivity index (χ0) is 30.1. The van der Waals surface area contributed by atoms with Gasteiger partial charge in [0, 0.05) is 18.8 Å². The molecule has 39 heavy (non-hydrogen) atoms. The van der Waals surface area contributed by atoms with Crippen molar-refractivity contribution in [3.05, 3.63) is 32.6 Å². The second-order valence-corrected chi connectivity index (χ2v) is 24.3. The number of hydrogen-bond donors (Lipinski definition) is 1. The molecule has 1 saturated heterocycles. The molecule has 15 heteroatoms. The van der Waals surface area contributed by atoms with Crippen molar-refractivity contribution in [3.8, 4) is 0 Å². The fourth-order valence-electron chi connectivity index (χ4n) is 4.12. The van der Waals surface area contributed by atoms with Gasteiger partial charge >= 0.3 is 16.0 Å². The second-order valence-electron chi connectivity index (χ2n) is 13.5. The first-order valence-corrected chi connectivity index (χ1v) is 20.1. The summed E-state index contributed by atoms with van der Waals surface area (Å²) in [6.45, 7) is 21.9.